The van der Waals surface area contributed by atoms with E-state index in [1.807, 2.05) is 6.07 Å². The minimum absolute atomic E-state index is 0.00489. The molecule has 0 aromatic heterocycles. The number of amides is 1. The lowest BCUT2D eigenvalue weighted by Crippen LogP contribution is -2.18. The van der Waals surface area contributed by atoms with E-state index in [0.717, 1.165) is 17.7 Å². The fraction of sp³-hybridized carbons (Fsp3) is 0.118. The van der Waals surface area contributed by atoms with Gasteiger partial charge in [0.2, 0.25) is 0 Å². The smallest absolute Gasteiger partial charge is 0.444 e. The minimum Gasteiger partial charge on any atom is -0.444 e. The Morgan fingerprint density at radius 1 is 1.24 bits per heavy atom. The zero-order chi connectivity index (χ0) is 18.4. The van der Waals surface area contributed by atoms with Crippen molar-refractivity contribution in [3.63, 3.8) is 0 Å². The lowest BCUT2D eigenvalue weighted by molar-refractivity contribution is -0.274. The molecule has 0 spiro atoms. The molecule has 2 aromatic rings. The molecule has 0 fully saturated rings. The highest BCUT2D eigenvalue weighted by molar-refractivity contribution is 9.10. The molecule has 2 aromatic carbocycles. The molecule has 0 saturated carbocycles. The van der Waals surface area contributed by atoms with Crippen LogP contribution in [0.25, 0.3) is 0 Å². The maximum Gasteiger partial charge on any atom is 0.573 e. The first-order valence-corrected chi connectivity index (χ1v) is 7.61. The number of alkyl halides is 3. The highest BCUT2D eigenvalue weighted by Gasteiger charge is 2.31. The van der Waals surface area contributed by atoms with Crippen LogP contribution in [0.5, 0.6) is 5.75 Å². The molecule has 0 atom stereocenters. The SMILES string of the molecule is C#Cc1cc(OC(F)(F)F)cc(Br)c1NC(=O)OCc1ccccc1. The summed E-state index contributed by atoms with van der Waals surface area (Å²) in [7, 11) is 0. The van der Waals surface area contributed by atoms with Crippen molar-refractivity contribution in [2.75, 3.05) is 5.32 Å². The van der Waals surface area contributed by atoms with Crippen molar-refractivity contribution in [1.29, 1.82) is 0 Å². The quantitative estimate of drug-likeness (QED) is 0.711. The number of nitrogens with one attached hydrogen (secondary N) is 1. The fourth-order valence-corrected chi connectivity index (χ4v) is 2.41. The molecule has 4 nitrogen and oxygen atoms in total. The van der Waals surface area contributed by atoms with Crippen molar-refractivity contribution in [3.05, 3.63) is 58.1 Å². The van der Waals surface area contributed by atoms with Crippen molar-refractivity contribution in [1.82, 2.24) is 0 Å². The number of rotatable bonds is 4. The van der Waals surface area contributed by atoms with E-state index in [4.69, 9.17) is 11.2 Å². The molecule has 0 aliphatic carbocycles. The fourth-order valence-electron chi connectivity index (χ4n) is 1.88. The molecule has 0 unspecified atom stereocenters. The summed E-state index contributed by atoms with van der Waals surface area (Å²) in [4.78, 5) is 11.9. The number of halogens is 4. The van der Waals surface area contributed by atoms with E-state index in [2.05, 4.69) is 31.9 Å². The van der Waals surface area contributed by atoms with Gasteiger partial charge >= 0.3 is 12.5 Å². The van der Waals surface area contributed by atoms with Gasteiger partial charge in [-0.15, -0.1) is 19.6 Å². The van der Waals surface area contributed by atoms with E-state index in [9.17, 15) is 18.0 Å². The van der Waals surface area contributed by atoms with Gasteiger partial charge in [0, 0.05) is 4.47 Å². The van der Waals surface area contributed by atoms with Crippen LogP contribution >= 0.6 is 15.9 Å². The zero-order valence-electron chi connectivity index (χ0n) is 12.6. The minimum atomic E-state index is -4.85. The molecular weight excluding hydrogens is 403 g/mol. The molecule has 2 rings (SSSR count). The molecule has 1 N–H and O–H groups in total. The molecule has 0 aliphatic heterocycles. The molecule has 0 aliphatic rings. The van der Waals surface area contributed by atoms with Gasteiger partial charge in [0.05, 0.1) is 11.3 Å². The van der Waals surface area contributed by atoms with Gasteiger partial charge in [-0.2, -0.15) is 0 Å². The Labute approximate surface area is 150 Å². The number of anilines is 1. The van der Waals surface area contributed by atoms with Crippen molar-refractivity contribution in [3.8, 4) is 18.1 Å². The summed E-state index contributed by atoms with van der Waals surface area (Å²) in [6.45, 7) is 0.0327. The first-order valence-electron chi connectivity index (χ1n) is 6.82. The summed E-state index contributed by atoms with van der Waals surface area (Å²) in [5.74, 6) is 1.69. The molecule has 130 valence electrons. The molecule has 8 heteroatoms. The Hall–Kier alpha value is -2.66. The van der Waals surface area contributed by atoms with Crippen LogP contribution in [0.1, 0.15) is 11.1 Å². The van der Waals surface area contributed by atoms with Gasteiger partial charge in [0.1, 0.15) is 12.4 Å². The van der Waals surface area contributed by atoms with Crippen LogP contribution in [0, 0.1) is 12.3 Å². The molecule has 0 saturated heterocycles. The van der Waals surface area contributed by atoms with E-state index in [1.165, 1.54) is 0 Å². The maximum absolute atomic E-state index is 12.3. The van der Waals surface area contributed by atoms with Gasteiger partial charge in [-0.3, -0.25) is 5.32 Å². The van der Waals surface area contributed by atoms with E-state index >= 15 is 0 Å². The predicted octanol–water partition coefficient (Wildman–Crippen LogP) is 5.08. The van der Waals surface area contributed by atoms with Gasteiger partial charge < -0.3 is 9.47 Å². The standard InChI is InChI=1S/C17H11BrF3NO3/c1-2-12-8-13(25-17(19,20)21)9-14(18)15(12)22-16(23)24-10-11-6-4-3-5-7-11/h1,3-9H,10H2,(H,22,23). The van der Waals surface area contributed by atoms with E-state index in [1.54, 1.807) is 24.3 Å². The van der Waals surface area contributed by atoms with Crippen molar-refractivity contribution in [2.45, 2.75) is 13.0 Å². The highest BCUT2D eigenvalue weighted by atomic mass is 79.9. The molecule has 25 heavy (non-hydrogen) atoms. The summed E-state index contributed by atoms with van der Waals surface area (Å²) in [6, 6.07) is 11.0. The first-order chi connectivity index (χ1) is 11.8. The maximum atomic E-state index is 12.3. The molecule has 1 amide bonds. The number of terminal acetylenes is 1. The van der Waals surface area contributed by atoms with E-state index in [0.29, 0.717) is 0 Å². The van der Waals surface area contributed by atoms with Gasteiger partial charge in [-0.25, -0.2) is 4.79 Å². The number of hydrogen-bond acceptors (Lipinski definition) is 3. The van der Waals surface area contributed by atoms with E-state index in [-0.39, 0.29) is 22.3 Å². The summed E-state index contributed by atoms with van der Waals surface area (Å²) >= 11 is 3.06. The number of benzene rings is 2. The van der Waals surface area contributed by atoms with Crippen LogP contribution in [-0.4, -0.2) is 12.5 Å². The average molecular weight is 414 g/mol. The Morgan fingerprint density at radius 3 is 2.52 bits per heavy atom. The van der Waals surface area contributed by atoms with Crippen LogP contribution in [0.4, 0.5) is 23.7 Å². The molecular formula is C17H11BrF3NO3. The van der Waals surface area contributed by atoms with Gasteiger partial charge in [-0.1, -0.05) is 36.3 Å². The topological polar surface area (TPSA) is 47.6 Å². The number of hydrogen-bond donors (Lipinski definition) is 1. The third kappa shape index (κ3) is 5.72. The Kier molecular flexibility index (Phi) is 5.93. The number of ether oxygens (including phenoxy) is 2. The zero-order valence-corrected chi connectivity index (χ0v) is 14.1. The van der Waals surface area contributed by atoms with Crippen LogP contribution in [-0.2, 0) is 11.3 Å². The number of carbonyl (C=O) groups is 1. The van der Waals surface area contributed by atoms with Crippen LogP contribution in [0.2, 0.25) is 0 Å². The van der Waals surface area contributed by atoms with Crippen molar-refractivity contribution < 1.29 is 27.4 Å². The van der Waals surface area contributed by atoms with E-state index < -0.39 is 18.2 Å². The third-order valence-electron chi connectivity index (χ3n) is 2.89. The Morgan fingerprint density at radius 2 is 1.92 bits per heavy atom. The third-order valence-corrected chi connectivity index (χ3v) is 3.52. The van der Waals surface area contributed by atoms with Crippen molar-refractivity contribution in [2.24, 2.45) is 0 Å². The van der Waals surface area contributed by atoms with Gasteiger partial charge in [-0.05, 0) is 33.6 Å². The van der Waals surface area contributed by atoms with Gasteiger partial charge in [0.25, 0.3) is 0 Å². The lowest BCUT2D eigenvalue weighted by atomic mass is 10.2. The largest absolute Gasteiger partial charge is 0.573 e. The molecule has 0 bridgehead atoms. The lowest BCUT2D eigenvalue weighted by Gasteiger charge is -2.14. The predicted molar refractivity (Wildman–Crippen MR) is 89.0 cm³/mol. The second-order valence-electron chi connectivity index (χ2n) is 4.71. The molecule has 0 heterocycles. The second kappa shape index (κ2) is 7.94. The van der Waals surface area contributed by atoms with Crippen molar-refractivity contribution >= 4 is 27.7 Å². The Balaban J connectivity index is 2.10. The summed E-state index contributed by atoms with van der Waals surface area (Å²) in [5, 5.41) is 2.40. The Bertz CT molecular complexity index is 801. The summed E-state index contributed by atoms with van der Waals surface area (Å²) in [5.41, 5.74) is 0.892. The molecule has 0 radical (unpaired) electrons. The van der Waals surface area contributed by atoms with Crippen LogP contribution < -0.4 is 10.1 Å². The van der Waals surface area contributed by atoms with Crippen LogP contribution in [0.15, 0.2) is 46.9 Å². The van der Waals surface area contributed by atoms with Gasteiger partial charge in [0.15, 0.2) is 0 Å². The monoisotopic (exact) mass is 413 g/mol. The summed E-state index contributed by atoms with van der Waals surface area (Å²) < 4.78 is 45.9. The number of carbonyl (C=O) groups excluding carboxylic acids is 1. The normalized spacial score (nSPS) is 10.7. The average Bonchev–Trinajstić information content (AvgIpc) is 2.54. The second-order valence-corrected chi connectivity index (χ2v) is 5.56. The highest BCUT2D eigenvalue weighted by Crippen LogP contribution is 2.34. The first kappa shape index (κ1) is 18.7. The summed E-state index contributed by atoms with van der Waals surface area (Å²) in [6.07, 6.45) is -0.360. The van der Waals surface area contributed by atoms with Crippen LogP contribution in [0.3, 0.4) is 0 Å².